The number of nitrogens with zero attached hydrogens (tertiary/aromatic N) is 1. The molecule has 6 heteroatoms. The molecule has 5 nitrogen and oxygen atoms in total. The Morgan fingerprint density at radius 2 is 1.73 bits per heavy atom. The van der Waals surface area contributed by atoms with Crippen molar-refractivity contribution in [2.24, 2.45) is 5.92 Å². The predicted molar refractivity (Wildman–Crippen MR) is 102 cm³/mol. The van der Waals surface area contributed by atoms with Gasteiger partial charge in [-0.2, -0.15) is 0 Å². The Bertz CT molecular complexity index is 848. The molecule has 1 atom stereocenters. The van der Waals surface area contributed by atoms with Crippen molar-refractivity contribution in [2.75, 3.05) is 19.6 Å². The number of nitrogens with one attached hydrogen (secondary N) is 1. The van der Waals surface area contributed by atoms with Crippen LogP contribution in [-0.4, -0.2) is 38.9 Å². The Balaban J connectivity index is 1.63. The number of hydrogen-bond donors (Lipinski definition) is 1. The van der Waals surface area contributed by atoms with Gasteiger partial charge in [-0.25, -0.2) is 13.1 Å². The average Bonchev–Trinajstić information content (AvgIpc) is 2.67. The van der Waals surface area contributed by atoms with Crippen LogP contribution in [0, 0.1) is 5.92 Å². The lowest BCUT2D eigenvalue weighted by Gasteiger charge is -2.31. The summed E-state index contributed by atoms with van der Waals surface area (Å²) in [5.41, 5.74) is 1.97. The van der Waals surface area contributed by atoms with Crippen molar-refractivity contribution in [1.82, 2.24) is 9.62 Å². The van der Waals surface area contributed by atoms with E-state index in [2.05, 4.69) is 11.6 Å². The van der Waals surface area contributed by atoms with Crippen molar-refractivity contribution in [2.45, 2.75) is 24.7 Å². The van der Waals surface area contributed by atoms with Crippen LogP contribution in [0.2, 0.25) is 0 Å². The molecule has 0 spiro atoms. The Kier molecular flexibility index (Phi) is 5.74. The average molecular weight is 372 g/mol. The second-order valence-electron chi connectivity index (χ2n) is 6.80. The van der Waals surface area contributed by atoms with Gasteiger partial charge in [-0.15, -0.1) is 0 Å². The van der Waals surface area contributed by atoms with Gasteiger partial charge in [0.25, 0.3) is 0 Å². The molecule has 26 heavy (non-hydrogen) atoms. The molecule has 1 unspecified atom stereocenters. The fourth-order valence-electron chi connectivity index (χ4n) is 3.22. The molecule has 0 radical (unpaired) electrons. The Morgan fingerprint density at radius 1 is 1.08 bits per heavy atom. The summed E-state index contributed by atoms with van der Waals surface area (Å²) in [5, 5.41) is 0. The largest absolute Gasteiger partial charge is 0.341 e. The lowest BCUT2D eigenvalue weighted by molar-refractivity contribution is -0.131. The van der Waals surface area contributed by atoms with Gasteiger partial charge in [0.1, 0.15) is 0 Å². The summed E-state index contributed by atoms with van der Waals surface area (Å²) in [4.78, 5) is 14.2. The Morgan fingerprint density at radius 3 is 2.38 bits per heavy atom. The smallest absolute Gasteiger partial charge is 0.241 e. The molecule has 3 rings (SSSR count). The molecule has 1 heterocycles. The molecule has 138 valence electrons. The van der Waals surface area contributed by atoms with Gasteiger partial charge in [-0.1, -0.05) is 49.4 Å². The second-order valence-corrected chi connectivity index (χ2v) is 8.57. The van der Waals surface area contributed by atoms with E-state index in [1.807, 2.05) is 30.3 Å². The molecule has 2 aromatic carbocycles. The van der Waals surface area contributed by atoms with Crippen molar-refractivity contribution < 1.29 is 13.2 Å². The van der Waals surface area contributed by atoms with Crippen LogP contribution in [0.15, 0.2) is 59.5 Å². The van der Waals surface area contributed by atoms with E-state index in [9.17, 15) is 13.2 Å². The summed E-state index contributed by atoms with van der Waals surface area (Å²) < 4.78 is 27.3. The molecule has 1 fully saturated rings. The molecule has 0 bridgehead atoms. The monoisotopic (exact) mass is 372 g/mol. The summed E-state index contributed by atoms with van der Waals surface area (Å²) in [6.07, 6.45) is 2.09. The van der Waals surface area contributed by atoms with Gasteiger partial charge in [0.05, 0.1) is 11.4 Å². The van der Waals surface area contributed by atoms with Gasteiger partial charge in [0.15, 0.2) is 0 Å². The molecule has 1 aliphatic heterocycles. The minimum atomic E-state index is -3.70. The number of likely N-dealkylation sites (tertiary alicyclic amines) is 1. The van der Waals surface area contributed by atoms with Crippen molar-refractivity contribution in [3.05, 3.63) is 54.6 Å². The first-order chi connectivity index (χ1) is 12.5. The van der Waals surface area contributed by atoms with Crippen LogP contribution < -0.4 is 4.72 Å². The molecule has 1 saturated heterocycles. The molecule has 0 aliphatic carbocycles. The van der Waals surface area contributed by atoms with E-state index < -0.39 is 10.0 Å². The lowest BCUT2D eigenvalue weighted by Crippen LogP contribution is -2.44. The number of amides is 1. The van der Waals surface area contributed by atoms with E-state index in [-0.39, 0.29) is 17.3 Å². The minimum absolute atomic E-state index is 0.164. The maximum atomic E-state index is 12.4. The topological polar surface area (TPSA) is 66.5 Å². The van der Waals surface area contributed by atoms with Crippen molar-refractivity contribution in [3.63, 3.8) is 0 Å². The number of carbonyl (C=O) groups is 1. The van der Waals surface area contributed by atoms with Crippen LogP contribution in [0.3, 0.4) is 0 Å². The quantitative estimate of drug-likeness (QED) is 0.878. The summed E-state index contributed by atoms with van der Waals surface area (Å²) in [7, 11) is -3.70. The molecule has 0 aromatic heterocycles. The number of sulfonamides is 1. The van der Waals surface area contributed by atoms with E-state index in [4.69, 9.17) is 0 Å². The van der Waals surface area contributed by atoms with E-state index in [1.165, 1.54) is 0 Å². The van der Waals surface area contributed by atoms with Gasteiger partial charge < -0.3 is 4.90 Å². The summed E-state index contributed by atoms with van der Waals surface area (Å²) in [5.74, 6) is 0.302. The summed E-state index contributed by atoms with van der Waals surface area (Å²) >= 11 is 0. The third-order valence-electron chi connectivity index (χ3n) is 4.69. The van der Waals surface area contributed by atoms with Crippen LogP contribution >= 0.6 is 0 Å². The third-order valence-corrected chi connectivity index (χ3v) is 6.11. The first kappa shape index (κ1) is 18.6. The maximum absolute atomic E-state index is 12.4. The van der Waals surface area contributed by atoms with Crippen molar-refractivity contribution >= 4 is 15.9 Å². The number of piperidine rings is 1. The SMILES string of the molecule is CC1CCCN(C(=O)CNS(=O)(=O)c2ccc(-c3ccccc3)cc2)C1. The van der Waals surface area contributed by atoms with Gasteiger partial charge in [-0.05, 0) is 42.0 Å². The van der Waals surface area contributed by atoms with Gasteiger partial charge >= 0.3 is 0 Å². The first-order valence-electron chi connectivity index (χ1n) is 8.88. The number of carbonyl (C=O) groups excluding carboxylic acids is 1. The zero-order valence-corrected chi connectivity index (χ0v) is 15.7. The zero-order valence-electron chi connectivity index (χ0n) is 14.9. The number of benzene rings is 2. The summed E-state index contributed by atoms with van der Waals surface area (Å²) in [6, 6.07) is 16.4. The number of hydrogen-bond acceptors (Lipinski definition) is 3. The molecule has 1 aliphatic rings. The van der Waals surface area contributed by atoms with Crippen LogP contribution in [0.5, 0.6) is 0 Å². The van der Waals surface area contributed by atoms with Crippen LogP contribution in [0.4, 0.5) is 0 Å². The van der Waals surface area contributed by atoms with E-state index in [0.29, 0.717) is 19.0 Å². The van der Waals surface area contributed by atoms with Gasteiger partial charge in [-0.3, -0.25) is 4.79 Å². The van der Waals surface area contributed by atoms with Gasteiger partial charge in [0.2, 0.25) is 15.9 Å². The fraction of sp³-hybridized carbons (Fsp3) is 0.350. The molecular formula is C20H24N2O3S. The van der Waals surface area contributed by atoms with Crippen LogP contribution in [0.1, 0.15) is 19.8 Å². The van der Waals surface area contributed by atoms with E-state index in [0.717, 1.165) is 24.0 Å². The summed E-state index contributed by atoms with van der Waals surface area (Å²) in [6.45, 7) is 3.32. The first-order valence-corrected chi connectivity index (χ1v) is 10.4. The molecule has 2 aromatic rings. The number of rotatable bonds is 5. The van der Waals surface area contributed by atoms with E-state index in [1.54, 1.807) is 29.2 Å². The zero-order chi connectivity index (χ0) is 18.6. The van der Waals surface area contributed by atoms with E-state index >= 15 is 0 Å². The third kappa shape index (κ3) is 4.51. The second kappa shape index (κ2) is 8.01. The highest BCUT2D eigenvalue weighted by atomic mass is 32.2. The Hall–Kier alpha value is -2.18. The lowest BCUT2D eigenvalue weighted by atomic mass is 10.0. The van der Waals surface area contributed by atoms with Crippen LogP contribution in [0.25, 0.3) is 11.1 Å². The normalized spacial score (nSPS) is 17.9. The molecule has 1 N–H and O–H groups in total. The highest BCUT2D eigenvalue weighted by molar-refractivity contribution is 7.89. The van der Waals surface area contributed by atoms with Gasteiger partial charge in [0, 0.05) is 13.1 Å². The maximum Gasteiger partial charge on any atom is 0.241 e. The Labute approximate surface area is 155 Å². The standard InChI is InChI=1S/C20H24N2O3S/c1-16-6-5-13-22(15-16)20(23)14-21-26(24,25)19-11-9-18(10-12-19)17-7-3-2-4-8-17/h2-4,7-12,16,21H,5-6,13-15H2,1H3. The highest BCUT2D eigenvalue weighted by Gasteiger charge is 2.22. The minimum Gasteiger partial charge on any atom is -0.341 e. The highest BCUT2D eigenvalue weighted by Crippen LogP contribution is 2.21. The fourth-order valence-corrected chi connectivity index (χ4v) is 4.20. The van der Waals surface area contributed by atoms with Crippen molar-refractivity contribution in [1.29, 1.82) is 0 Å². The van der Waals surface area contributed by atoms with Crippen LogP contribution in [-0.2, 0) is 14.8 Å². The molecule has 1 amide bonds. The predicted octanol–water partition coefficient (Wildman–Crippen LogP) is 2.89. The molecular weight excluding hydrogens is 348 g/mol. The molecule has 0 saturated carbocycles. The van der Waals surface area contributed by atoms with Crippen molar-refractivity contribution in [3.8, 4) is 11.1 Å².